The van der Waals surface area contributed by atoms with Crippen LogP contribution in [0.1, 0.15) is 0 Å². The third-order valence-corrected chi connectivity index (χ3v) is 7.45. The fraction of sp³-hybridized carbons (Fsp3) is 0. The van der Waals surface area contributed by atoms with Crippen molar-refractivity contribution < 1.29 is 0 Å². The number of hydrogen-bond donors (Lipinski definition) is 0. The quantitative estimate of drug-likeness (QED) is 0.214. The third kappa shape index (κ3) is 4.24. The zero-order valence-electron chi connectivity index (χ0n) is 21.5. The summed E-state index contributed by atoms with van der Waals surface area (Å²) in [5.41, 5.74) is 8.28. The van der Waals surface area contributed by atoms with Crippen molar-refractivity contribution in [1.82, 2.24) is 0 Å². The van der Waals surface area contributed by atoms with Gasteiger partial charge in [0.1, 0.15) is 0 Å². The second-order valence-corrected chi connectivity index (χ2v) is 9.79. The molecule has 7 aromatic rings. The van der Waals surface area contributed by atoms with E-state index in [4.69, 9.17) is 0 Å². The zero-order chi connectivity index (χ0) is 26.0. The van der Waals surface area contributed by atoms with E-state index in [1.54, 1.807) is 0 Å². The van der Waals surface area contributed by atoms with Crippen molar-refractivity contribution in [2.24, 2.45) is 0 Å². The van der Waals surface area contributed by atoms with Crippen molar-refractivity contribution in [2.45, 2.75) is 0 Å². The fourth-order valence-corrected chi connectivity index (χ4v) is 5.62. The molecular weight excluding hydrogens is 470 g/mol. The van der Waals surface area contributed by atoms with Crippen LogP contribution in [-0.4, -0.2) is 0 Å². The molecule has 0 atom stereocenters. The summed E-state index contributed by atoms with van der Waals surface area (Å²) >= 11 is 0. The van der Waals surface area contributed by atoms with Crippen molar-refractivity contribution in [3.63, 3.8) is 0 Å². The summed E-state index contributed by atoms with van der Waals surface area (Å²) in [5.74, 6) is 0. The normalized spacial score (nSPS) is 11.1. The molecule has 0 saturated heterocycles. The average Bonchev–Trinajstić information content (AvgIpc) is 3.02. The number of rotatable bonds is 5. The summed E-state index contributed by atoms with van der Waals surface area (Å²) < 4.78 is 0. The van der Waals surface area contributed by atoms with Gasteiger partial charge in [0.15, 0.2) is 0 Å². The lowest BCUT2D eigenvalue weighted by molar-refractivity contribution is 1.28. The summed E-state index contributed by atoms with van der Waals surface area (Å²) in [6.07, 6.45) is 0. The molecule has 0 amide bonds. The summed E-state index contributed by atoms with van der Waals surface area (Å²) in [5, 5.41) is 5.12. The molecule has 1 heteroatoms. The number of nitrogens with zero attached hydrogens (tertiary/aromatic N) is 1. The van der Waals surface area contributed by atoms with E-state index in [2.05, 4.69) is 169 Å². The molecule has 0 aromatic heterocycles. The molecule has 0 fully saturated rings. The highest BCUT2D eigenvalue weighted by atomic mass is 15.1. The lowest BCUT2D eigenvalue weighted by Gasteiger charge is -2.28. The van der Waals surface area contributed by atoms with Gasteiger partial charge in [-0.25, -0.2) is 0 Å². The van der Waals surface area contributed by atoms with Gasteiger partial charge in [-0.05, 0) is 74.6 Å². The maximum Gasteiger partial charge on any atom is 0.0540 e. The molecule has 0 aliphatic carbocycles. The molecule has 7 rings (SSSR count). The van der Waals surface area contributed by atoms with E-state index in [1.165, 1.54) is 43.8 Å². The van der Waals surface area contributed by atoms with E-state index in [-0.39, 0.29) is 0 Å². The first-order valence-corrected chi connectivity index (χ1v) is 13.4. The van der Waals surface area contributed by atoms with Gasteiger partial charge >= 0.3 is 0 Å². The van der Waals surface area contributed by atoms with Gasteiger partial charge in [-0.1, -0.05) is 127 Å². The largest absolute Gasteiger partial charge is 0.310 e. The molecule has 0 unspecified atom stereocenters. The maximum atomic E-state index is 2.35. The van der Waals surface area contributed by atoms with Crippen molar-refractivity contribution in [2.75, 3.05) is 4.90 Å². The van der Waals surface area contributed by atoms with Crippen molar-refractivity contribution in [3.05, 3.63) is 164 Å². The predicted molar refractivity (Wildman–Crippen MR) is 167 cm³/mol. The van der Waals surface area contributed by atoms with E-state index >= 15 is 0 Å². The Morgan fingerprint density at radius 1 is 0.333 bits per heavy atom. The van der Waals surface area contributed by atoms with Gasteiger partial charge in [-0.2, -0.15) is 0 Å². The van der Waals surface area contributed by atoms with E-state index in [1.807, 2.05) is 0 Å². The molecule has 0 saturated carbocycles. The number of benzene rings is 7. The Hall–Kier alpha value is -5.14. The molecule has 0 radical (unpaired) electrons. The second kappa shape index (κ2) is 9.96. The number of fused-ring (bicyclic) bond motifs is 3. The topological polar surface area (TPSA) is 3.24 Å². The Bertz CT molecular complexity index is 1890. The van der Waals surface area contributed by atoms with E-state index in [0.29, 0.717) is 0 Å². The monoisotopic (exact) mass is 497 g/mol. The molecule has 0 spiro atoms. The van der Waals surface area contributed by atoms with E-state index < -0.39 is 0 Å². The van der Waals surface area contributed by atoms with Crippen LogP contribution in [0.5, 0.6) is 0 Å². The minimum atomic E-state index is 1.12. The lowest BCUT2D eigenvalue weighted by Crippen LogP contribution is -2.11. The standard InChI is InChI=1S/C38H27N/c1-3-13-28(14-4-1)34-19-11-12-22-38(34)39(31-16-5-2-6-17-31)32-25-23-29(24-26-32)37-27-30-15-7-8-18-33(30)35-20-9-10-21-36(35)37/h1-27H. The first-order valence-electron chi connectivity index (χ1n) is 13.4. The van der Waals surface area contributed by atoms with Crippen LogP contribution in [0.3, 0.4) is 0 Å². The maximum absolute atomic E-state index is 2.35. The zero-order valence-corrected chi connectivity index (χ0v) is 21.5. The van der Waals surface area contributed by atoms with Gasteiger partial charge in [-0.15, -0.1) is 0 Å². The molecule has 0 heterocycles. The first-order chi connectivity index (χ1) is 19.4. The highest BCUT2D eigenvalue weighted by Gasteiger charge is 2.17. The smallest absolute Gasteiger partial charge is 0.0540 e. The summed E-state index contributed by atoms with van der Waals surface area (Å²) in [4.78, 5) is 2.35. The molecule has 0 bridgehead atoms. The summed E-state index contributed by atoms with van der Waals surface area (Å²) in [6.45, 7) is 0. The van der Waals surface area contributed by atoms with Crippen LogP contribution in [0.15, 0.2) is 164 Å². The van der Waals surface area contributed by atoms with Crippen LogP contribution in [-0.2, 0) is 0 Å². The van der Waals surface area contributed by atoms with E-state index in [0.717, 1.165) is 17.1 Å². The van der Waals surface area contributed by atoms with Crippen LogP contribution < -0.4 is 4.90 Å². The Morgan fingerprint density at radius 3 is 1.64 bits per heavy atom. The Labute approximate surface area is 229 Å². The molecule has 7 aromatic carbocycles. The minimum Gasteiger partial charge on any atom is -0.310 e. The van der Waals surface area contributed by atoms with Crippen LogP contribution in [0, 0.1) is 0 Å². The molecule has 39 heavy (non-hydrogen) atoms. The van der Waals surface area contributed by atoms with Gasteiger partial charge in [-0.3, -0.25) is 0 Å². The van der Waals surface area contributed by atoms with Crippen molar-refractivity contribution >= 4 is 38.6 Å². The fourth-order valence-electron chi connectivity index (χ4n) is 5.62. The molecule has 1 nitrogen and oxygen atoms in total. The Morgan fingerprint density at radius 2 is 0.872 bits per heavy atom. The lowest BCUT2D eigenvalue weighted by atomic mass is 9.93. The van der Waals surface area contributed by atoms with Crippen LogP contribution in [0.25, 0.3) is 43.8 Å². The molecule has 0 N–H and O–H groups in total. The van der Waals surface area contributed by atoms with E-state index in [9.17, 15) is 0 Å². The number of para-hydroxylation sites is 2. The molecule has 184 valence electrons. The van der Waals surface area contributed by atoms with Gasteiger partial charge in [0, 0.05) is 16.9 Å². The highest BCUT2D eigenvalue weighted by molar-refractivity contribution is 6.13. The third-order valence-electron chi connectivity index (χ3n) is 7.45. The average molecular weight is 498 g/mol. The molecule has 0 aliphatic heterocycles. The van der Waals surface area contributed by atoms with Gasteiger partial charge in [0.05, 0.1) is 5.69 Å². The summed E-state index contributed by atoms with van der Waals surface area (Å²) in [7, 11) is 0. The Balaban J connectivity index is 1.38. The second-order valence-electron chi connectivity index (χ2n) is 9.79. The predicted octanol–water partition coefficient (Wildman–Crippen LogP) is 10.8. The van der Waals surface area contributed by atoms with Crippen LogP contribution >= 0.6 is 0 Å². The SMILES string of the molecule is c1ccc(-c2ccccc2N(c2ccccc2)c2ccc(-c3cc4ccccc4c4ccccc34)cc2)cc1. The number of hydrogen-bond acceptors (Lipinski definition) is 1. The first kappa shape index (κ1) is 23.0. The number of anilines is 3. The van der Waals surface area contributed by atoms with Crippen LogP contribution in [0.4, 0.5) is 17.1 Å². The van der Waals surface area contributed by atoms with Gasteiger partial charge in [0.2, 0.25) is 0 Å². The summed E-state index contributed by atoms with van der Waals surface area (Å²) in [6, 6.07) is 58.6. The highest BCUT2D eigenvalue weighted by Crippen LogP contribution is 2.42. The minimum absolute atomic E-state index is 1.12. The van der Waals surface area contributed by atoms with Gasteiger partial charge in [0.25, 0.3) is 0 Å². The van der Waals surface area contributed by atoms with Crippen LogP contribution in [0.2, 0.25) is 0 Å². The Kier molecular flexibility index (Phi) is 5.88. The molecular formula is C38H27N. The van der Waals surface area contributed by atoms with Crippen molar-refractivity contribution in [3.8, 4) is 22.3 Å². The van der Waals surface area contributed by atoms with Crippen molar-refractivity contribution in [1.29, 1.82) is 0 Å². The van der Waals surface area contributed by atoms with Gasteiger partial charge < -0.3 is 4.90 Å². The molecule has 0 aliphatic rings.